The molecule has 13 heteroatoms. The summed E-state index contributed by atoms with van der Waals surface area (Å²) < 4.78 is 51.7. The van der Waals surface area contributed by atoms with E-state index in [1.54, 1.807) is 45.2 Å². The third kappa shape index (κ3) is 6.23. The Bertz CT molecular complexity index is 1650. The third-order valence-corrected chi connectivity index (χ3v) is 8.89. The van der Waals surface area contributed by atoms with Gasteiger partial charge in [-0.25, -0.2) is 9.67 Å². The summed E-state index contributed by atoms with van der Waals surface area (Å²) >= 11 is 1.20. The molecule has 1 spiro atoms. The van der Waals surface area contributed by atoms with Crippen LogP contribution in [-0.2, 0) is 4.79 Å². The molecule has 9 nitrogen and oxygen atoms in total. The molecule has 3 atom stereocenters. The number of hydrogen-bond donors (Lipinski definition) is 3. The molecule has 1 fully saturated rings. The number of ether oxygens (including phenoxy) is 1. The van der Waals surface area contributed by atoms with Crippen molar-refractivity contribution in [3.05, 3.63) is 64.9 Å². The van der Waals surface area contributed by atoms with Crippen LogP contribution < -0.4 is 15.8 Å². The van der Waals surface area contributed by atoms with Gasteiger partial charge in [-0.2, -0.15) is 23.3 Å². The van der Waals surface area contributed by atoms with Crippen LogP contribution in [0.2, 0.25) is 0 Å². The van der Waals surface area contributed by atoms with Crippen molar-refractivity contribution in [1.82, 2.24) is 25.1 Å². The quantitative estimate of drug-likeness (QED) is 0.258. The molecule has 0 radical (unpaired) electrons. The van der Waals surface area contributed by atoms with E-state index in [-0.39, 0.29) is 28.5 Å². The Hall–Kier alpha value is -3.97. The lowest BCUT2D eigenvalue weighted by molar-refractivity contribution is -0.182. The Morgan fingerprint density at radius 2 is 2.14 bits per heavy atom. The highest BCUT2D eigenvalue weighted by atomic mass is 32.1. The first kappa shape index (κ1) is 30.5. The van der Waals surface area contributed by atoms with Gasteiger partial charge in [-0.1, -0.05) is 30.4 Å². The Morgan fingerprint density at radius 1 is 1.35 bits per heavy atom. The number of nitrogens with two attached hydrogens (primary N) is 1. The number of nitrogens with zero attached hydrogens (tertiary/aromatic N) is 4. The van der Waals surface area contributed by atoms with Gasteiger partial charge in [0.15, 0.2) is 0 Å². The van der Waals surface area contributed by atoms with Crippen LogP contribution in [0.3, 0.4) is 0 Å². The summed E-state index contributed by atoms with van der Waals surface area (Å²) in [5, 5.41) is 18.6. The number of aliphatic carboxylic acids is 1. The van der Waals surface area contributed by atoms with Gasteiger partial charge in [0.05, 0.1) is 16.9 Å². The molecule has 3 aromatic heterocycles. The summed E-state index contributed by atoms with van der Waals surface area (Å²) in [6, 6.07) is 1.15. The molecule has 228 valence electrons. The summed E-state index contributed by atoms with van der Waals surface area (Å²) in [5.41, 5.74) is 8.80. The molecule has 2 aliphatic rings. The van der Waals surface area contributed by atoms with E-state index in [1.165, 1.54) is 28.2 Å². The smallest absolute Gasteiger partial charge is 0.429 e. The predicted molar refractivity (Wildman–Crippen MR) is 160 cm³/mol. The second-order valence-corrected chi connectivity index (χ2v) is 11.8. The van der Waals surface area contributed by atoms with Crippen LogP contribution in [0.4, 0.5) is 19.1 Å². The maximum atomic E-state index is 14.8. The summed E-state index contributed by atoms with van der Waals surface area (Å²) in [7, 11) is 0. The Labute approximate surface area is 250 Å². The first-order valence-corrected chi connectivity index (χ1v) is 14.8. The lowest BCUT2D eigenvalue weighted by Crippen LogP contribution is -2.37. The van der Waals surface area contributed by atoms with Crippen LogP contribution in [0, 0.1) is 12.3 Å². The second-order valence-electron chi connectivity index (χ2n) is 10.9. The SMILES string of the molecule is C/C=C/C=C(\C(=C/C)n1ccc(C)n1)C(Oc1nc(N)nc2c(C3=CCC4(CC3)CNC(C(=O)O)C4)csc12)C(F)(F)F. The van der Waals surface area contributed by atoms with E-state index < -0.39 is 24.3 Å². The van der Waals surface area contributed by atoms with Crippen molar-refractivity contribution in [2.24, 2.45) is 5.41 Å². The number of anilines is 1. The molecule has 43 heavy (non-hydrogen) atoms. The number of hydrogen-bond acceptors (Lipinski definition) is 8. The van der Waals surface area contributed by atoms with Crippen LogP contribution in [0.15, 0.2) is 53.6 Å². The number of aromatic nitrogens is 4. The van der Waals surface area contributed by atoms with Crippen molar-refractivity contribution in [2.45, 2.75) is 64.8 Å². The molecule has 1 saturated heterocycles. The molecule has 3 aromatic rings. The lowest BCUT2D eigenvalue weighted by Gasteiger charge is -2.31. The third-order valence-electron chi connectivity index (χ3n) is 7.93. The summed E-state index contributed by atoms with van der Waals surface area (Å²) in [6.07, 6.45) is 5.26. The van der Waals surface area contributed by atoms with Gasteiger partial charge in [-0.15, -0.1) is 11.3 Å². The minimum atomic E-state index is -4.81. The van der Waals surface area contributed by atoms with Crippen LogP contribution in [-0.4, -0.2) is 55.7 Å². The largest absolute Gasteiger partial charge is 0.480 e. The van der Waals surface area contributed by atoms with Crippen LogP contribution >= 0.6 is 11.3 Å². The van der Waals surface area contributed by atoms with Gasteiger partial charge in [0.25, 0.3) is 0 Å². The number of thiophene rings is 1. The molecule has 4 N–H and O–H groups in total. The van der Waals surface area contributed by atoms with Crippen molar-refractivity contribution in [2.75, 3.05) is 12.3 Å². The van der Waals surface area contributed by atoms with E-state index in [4.69, 9.17) is 10.5 Å². The predicted octanol–water partition coefficient (Wildman–Crippen LogP) is 6.15. The van der Waals surface area contributed by atoms with E-state index in [1.807, 2.05) is 5.38 Å². The number of nitrogens with one attached hydrogen (secondary N) is 1. The maximum absolute atomic E-state index is 14.8. The van der Waals surface area contributed by atoms with Gasteiger partial charge in [0.1, 0.15) is 10.7 Å². The fourth-order valence-electron chi connectivity index (χ4n) is 5.75. The number of carbonyl (C=O) groups is 1. The fourth-order valence-corrected chi connectivity index (χ4v) is 6.71. The minimum Gasteiger partial charge on any atom is -0.480 e. The zero-order valence-electron chi connectivity index (χ0n) is 24.0. The van der Waals surface area contributed by atoms with Gasteiger partial charge in [-0.05, 0) is 63.5 Å². The van der Waals surface area contributed by atoms with Crippen molar-refractivity contribution in [3.8, 4) is 5.88 Å². The van der Waals surface area contributed by atoms with Crippen LogP contribution in [0.5, 0.6) is 5.88 Å². The molecular formula is C30H33F3N6O3S. The molecule has 0 saturated carbocycles. The van der Waals surface area contributed by atoms with Gasteiger partial charge < -0.3 is 20.9 Å². The standard InChI is InChI=1S/C30H33F3N6O3S/c1-4-6-7-19(22(5-2)39-13-10-17(3)38-39)25(30(31,32)33)42-26-24-23(36-28(34)37-26)20(15-43-24)18-8-11-29(12-9-18)14-21(27(40)41)35-16-29/h4-8,10,13,15,21,25,35H,9,11-12,14,16H2,1-3H3,(H,40,41)(H2,34,36,37)/b6-4+,19-7+,22-5+. The first-order valence-electron chi connectivity index (χ1n) is 13.9. The van der Waals surface area contributed by atoms with Gasteiger partial charge in [-0.3, -0.25) is 4.79 Å². The monoisotopic (exact) mass is 614 g/mol. The molecule has 1 aliphatic carbocycles. The molecule has 4 heterocycles. The van der Waals surface area contributed by atoms with Crippen LogP contribution in [0.25, 0.3) is 21.5 Å². The van der Waals surface area contributed by atoms with E-state index >= 15 is 0 Å². The highest BCUT2D eigenvalue weighted by Crippen LogP contribution is 2.47. The van der Waals surface area contributed by atoms with Crippen molar-refractivity contribution in [3.63, 3.8) is 0 Å². The van der Waals surface area contributed by atoms with Gasteiger partial charge in [0, 0.05) is 29.3 Å². The van der Waals surface area contributed by atoms with E-state index in [9.17, 15) is 23.1 Å². The molecule has 0 amide bonds. The number of carboxylic acid groups (broad SMARTS) is 1. The topological polar surface area (TPSA) is 128 Å². The number of aryl methyl sites for hydroxylation is 1. The molecular weight excluding hydrogens is 581 g/mol. The van der Waals surface area contributed by atoms with E-state index in [0.29, 0.717) is 41.7 Å². The number of nitrogen functional groups attached to an aromatic ring is 1. The summed E-state index contributed by atoms with van der Waals surface area (Å²) in [5.74, 6) is -1.30. The number of halogens is 3. The summed E-state index contributed by atoms with van der Waals surface area (Å²) in [6.45, 7) is 5.73. The van der Waals surface area contributed by atoms with E-state index in [2.05, 4.69) is 26.5 Å². The molecule has 0 aromatic carbocycles. The van der Waals surface area contributed by atoms with Crippen LogP contribution in [0.1, 0.15) is 50.8 Å². The molecule has 1 aliphatic heterocycles. The second kappa shape index (κ2) is 12.0. The number of carboxylic acids is 1. The van der Waals surface area contributed by atoms with Crippen molar-refractivity contribution in [1.29, 1.82) is 0 Å². The fraction of sp³-hybridized carbons (Fsp3) is 0.400. The molecule has 0 bridgehead atoms. The minimum absolute atomic E-state index is 0.131. The Balaban J connectivity index is 1.51. The average Bonchev–Trinajstić information content (AvgIpc) is 3.69. The van der Waals surface area contributed by atoms with E-state index in [0.717, 1.165) is 17.6 Å². The van der Waals surface area contributed by atoms with Crippen molar-refractivity contribution < 1.29 is 27.8 Å². The average molecular weight is 615 g/mol. The van der Waals surface area contributed by atoms with Gasteiger partial charge in [0.2, 0.25) is 17.9 Å². The number of alkyl halides is 3. The highest BCUT2D eigenvalue weighted by Gasteiger charge is 2.46. The normalized spacial score (nSPS) is 22.5. The number of rotatable bonds is 8. The van der Waals surface area contributed by atoms with Crippen molar-refractivity contribution >= 4 is 44.7 Å². The zero-order valence-corrected chi connectivity index (χ0v) is 24.8. The molecule has 3 unspecified atom stereocenters. The maximum Gasteiger partial charge on any atom is 0.429 e. The Morgan fingerprint density at radius 3 is 2.72 bits per heavy atom. The number of fused-ring (bicyclic) bond motifs is 1. The number of allylic oxidation sites excluding steroid dienone is 6. The van der Waals surface area contributed by atoms with Gasteiger partial charge >= 0.3 is 12.1 Å². The Kier molecular flexibility index (Phi) is 8.48. The first-order chi connectivity index (χ1) is 20.4. The zero-order chi connectivity index (χ0) is 30.9. The highest BCUT2D eigenvalue weighted by molar-refractivity contribution is 7.17. The lowest BCUT2D eigenvalue weighted by atomic mass is 9.72. The molecule has 5 rings (SSSR count). The summed E-state index contributed by atoms with van der Waals surface area (Å²) in [4.78, 5) is 19.9.